The van der Waals surface area contributed by atoms with E-state index in [4.69, 9.17) is 11.6 Å². The second-order valence-electron chi connectivity index (χ2n) is 4.48. The first kappa shape index (κ1) is 12.6. The molecular formula is C15H13ClN2S. The van der Waals surface area contributed by atoms with Crippen LogP contribution < -0.4 is 0 Å². The van der Waals surface area contributed by atoms with E-state index in [1.165, 1.54) is 4.90 Å². The van der Waals surface area contributed by atoms with Crippen LogP contribution in [0.25, 0.3) is 11.0 Å². The summed E-state index contributed by atoms with van der Waals surface area (Å²) in [4.78, 5) is 10.4. The Hall–Kier alpha value is -1.45. The Morgan fingerprint density at radius 2 is 1.79 bits per heavy atom. The van der Waals surface area contributed by atoms with E-state index in [9.17, 15) is 0 Å². The normalized spacial score (nSPS) is 11.1. The van der Waals surface area contributed by atoms with Gasteiger partial charge in [-0.2, -0.15) is 0 Å². The fraction of sp³-hybridized carbons (Fsp3) is 0.133. The molecule has 2 nitrogen and oxygen atoms in total. The average Bonchev–Trinajstić information content (AvgIpc) is 2.69. The Balaban J connectivity index is 2.06. The molecule has 0 saturated carbocycles. The van der Waals surface area contributed by atoms with Crippen LogP contribution in [0, 0.1) is 13.8 Å². The fourth-order valence-corrected chi connectivity index (χ4v) is 3.10. The highest BCUT2D eigenvalue weighted by Gasteiger charge is 2.11. The zero-order valence-electron chi connectivity index (χ0n) is 10.7. The summed E-state index contributed by atoms with van der Waals surface area (Å²) in [6.07, 6.45) is 0. The van der Waals surface area contributed by atoms with Crippen LogP contribution in [0.3, 0.4) is 0 Å². The molecule has 1 N–H and O–H groups in total. The highest BCUT2D eigenvalue weighted by Crippen LogP contribution is 2.35. The van der Waals surface area contributed by atoms with Crippen LogP contribution in [0.1, 0.15) is 11.4 Å². The zero-order chi connectivity index (χ0) is 13.4. The summed E-state index contributed by atoms with van der Waals surface area (Å²) < 4.78 is 0. The molecule has 3 rings (SSSR count). The zero-order valence-corrected chi connectivity index (χ0v) is 12.3. The van der Waals surface area contributed by atoms with Gasteiger partial charge in [-0.05, 0) is 50.2 Å². The highest BCUT2D eigenvalue weighted by molar-refractivity contribution is 7.99. The van der Waals surface area contributed by atoms with Gasteiger partial charge in [-0.25, -0.2) is 0 Å². The van der Waals surface area contributed by atoms with E-state index in [0.717, 1.165) is 32.3 Å². The van der Waals surface area contributed by atoms with Crippen LogP contribution in [0.5, 0.6) is 0 Å². The second kappa shape index (κ2) is 4.91. The van der Waals surface area contributed by atoms with Crippen molar-refractivity contribution in [2.45, 2.75) is 23.6 Å². The number of hydrogen-bond donors (Lipinski definition) is 1. The number of nitrogens with zero attached hydrogens (tertiary/aromatic N) is 1. The number of H-pyrrole nitrogens is 1. The number of hydrogen-bond acceptors (Lipinski definition) is 2. The molecule has 1 aromatic carbocycles. The second-order valence-corrected chi connectivity index (χ2v) is 6.00. The Bertz CT molecular complexity index is 732. The number of halogens is 1. The van der Waals surface area contributed by atoms with E-state index >= 15 is 0 Å². The van der Waals surface area contributed by atoms with E-state index in [-0.39, 0.29) is 0 Å². The first-order valence-electron chi connectivity index (χ1n) is 6.03. The lowest BCUT2D eigenvalue weighted by Gasteiger charge is -2.02. The summed E-state index contributed by atoms with van der Waals surface area (Å²) in [5, 5.41) is 0.758. The van der Waals surface area contributed by atoms with Crippen molar-refractivity contribution in [1.29, 1.82) is 0 Å². The molecule has 0 amide bonds. The molecule has 0 saturated heterocycles. The first-order valence-corrected chi connectivity index (χ1v) is 7.22. The van der Waals surface area contributed by atoms with E-state index in [2.05, 4.69) is 23.0 Å². The maximum atomic E-state index is 5.91. The molecule has 0 aliphatic carbocycles. The minimum absolute atomic E-state index is 0.758. The number of pyridine rings is 1. The molecule has 0 fully saturated rings. The van der Waals surface area contributed by atoms with Crippen LogP contribution in [0.2, 0.25) is 5.02 Å². The molecule has 0 spiro atoms. The van der Waals surface area contributed by atoms with Crippen LogP contribution in [-0.2, 0) is 0 Å². The average molecular weight is 289 g/mol. The molecule has 2 heterocycles. The summed E-state index contributed by atoms with van der Waals surface area (Å²) >= 11 is 7.63. The smallest absolute Gasteiger partial charge is 0.102 e. The largest absolute Gasteiger partial charge is 0.356 e. The standard InChI is InChI=1S/C15H13ClN2S/c1-9-3-8-13-14(17-9)15(10(2)18-13)19-12-6-4-11(16)5-7-12/h3-8,18H,1-2H3. The number of fused-ring (bicyclic) bond motifs is 1. The van der Waals surface area contributed by atoms with Crippen molar-refractivity contribution in [2.75, 3.05) is 0 Å². The lowest BCUT2D eigenvalue weighted by atomic mass is 10.3. The van der Waals surface area contributed by atoms with Gasteiger partial charge in [0.2, 0.25) is 0 Å². The van der Waals surface area contributed by atoms with Gasteiger partial charge in [-0.3, -0.25) is 4.98 Å². The topological polar surface area (TPSA) is 28.7 Å². The molecule has 96 valence electrons. The summed E-state index contributed by atoms with van der Waals surface area (Å²) in [6.45, 7) is 4.09. The first-order chi connectivity index (χ1) is 9.13. The minimum Gasteiger partial charge on any atom is -0.356 e. The Kier molecular flexibility index (Phi) is 3.25. The van der Waals surface area contributed by atoms with Gasteiger partial charge in [0.25, 0.3) is 0 Å². The summed E-state index contributed by atoms with van der Waals surface area (Å²) in [7, 11) is 0. The monoisotopic (exact) mass is 288 g/mol. The van der Waals surface area contributed by atoms with E-state index < -0.39 is 0 Å². The number of aromatic amines is 1. The minimum atomic E-state index is 0.758. The van der Waals surface area contributed by atoms with Gasteiger partial charge < -0.3 is 4.98 Å². The van der Waals surface area contributed by atoms with Gasteiger partial charge >= 0.3 is 0 Å². The molecule has 0 bridgehead atoms. The van der Waals surface area contributed by atoms with Gasteiger partial charge in [0.1, 0.15) is 5.52 Å². The molecule has 0 radical (unpaired) electrons. The number of nitrogens with one attached hydrogen (secondary N) is 1. The molecule has 2 aromatic heterocycles. The van der Waals surface area contributed by atoms with Crippen LogP contribution in [-0.4, -0.2) is 9.97 Å². The quantitative estimate of drug-likeness (QED) is 0.720. The lowest BCUT2D eigenvalue weighted by Crippen LogP contribution is -1.81. The van der Waals surface area contributed by atoms with Crippen LogP contribution >= 0.6 is 23.4 Å². The number of benzene rings is 1. The molecular weight excluding hydrogens is 276 g/mol. The van der Waals surface area contributed by atoms with E-state index in [1.54, 1.807) is 11.8 Å². The third-order valence-corrected chi connectivity index (χ3v) is 4.41. The van der Waals surface area contributed by atoms with Crippen molar-refractivity contribution in [1.82, 2.24) is 9.97 Å². The summed E-state index contributed by atoms with van der Waals surface area (Å²) in [6, 6.07) is 12.0. The summed E-state index contributed by atoms with van der Waals surface area (Å²) in [5.41, 5.74) is 4.30. The van der Waals surface area contributed by atoms with Crippen molar-refractivity contribution in [3.05, 3.63) is 52.8 Å². The van der Waals surface area contributed by atoms with Gasteiger partial charge in [-0.15, -0.1) is 0 Å². The van der Waals surface area contributed by atoms with Gasteiger partial charge in [0, 0.05) is 21.3 Å². The molecule has 0 aliphatic rings. The Labute approximate surface area is 121 Å². The fourth-order valence-electron chi connectivity index (χ4n) is 2.01. The van der Waals surface area contributed by atoms with Crippen molar-refractivity contribution in [2.24, 2.45) is 0 Å². The number of aromatic nitrogens is 2. The van der Waals surface area contributed by atoms with Gasteiger partial charge in [0.15, 0.2) is 0 Å². The highest BCUT2D eigenvalue weighted by atomic mass is 35.5. The predicted molar refractivity (Wildman–Crippen MR) is 81.1 cm³/mol. The van der Waals surface area contributed by atoms with Crippen molar-refractivity contribution in [3.63, 3.8) is 0 Å². The molecule has 3 aromatic rings. The third kappa shape index (κ3) is 2.48. The maximum absolute atomic E-state index is 5.91. The van der Waals surface area contributed by atoms with Gasteiger partial charge in [-0.1, -0.05) is 23.4 Å². The van der Waals surface area contributed by atoms with Crippen LogP contribution in [0.15, 0.2) is 46.2 Å². The van der Waals surface area contributed by atoms with Crippen molar-refractivity contribution < 1.29 is 0 Å². The lowest BCUT2D eigenvalue weighted by molar-refractivity contribution is 1.21. The molecule has 0 aliphatic heterocycles. The maximum Gasteiger partial charge on any atom is 0.102 e. The number of aryl methyl sites for hydroxylation is 2. The molecule has 0 atom stereocenters. The number of rotatable bonds is 2. The van der Waals surface area contributed by atoms with Gasteiger partial charge in [0.05, 0.1) is 10.4 Å². The van der Waals surface area contributed by atoms with E-state index in [1.807, 2.05) is 37.3 Å². The van der Waals surface area contributed by atoms with Crippen molar-refractivity contribution >= 4 is 34.4 Å². The molecule has 4 heteroatoms. The molecule has 19 heavy (non-hydrogen) atoms. The van der Waals surface area contributed by atoms with Crippen molar-refractivity contribution in [3.8, 4) is 0 Å². The SMILES string of the molecule is Cc1ccc2[nH]c(C)c(Sc3ccc(Cl)cc3)c2n1. The Morgan fingerprint density at radius 3 is 2.53 bits per heavy atom. The Morgan fingerprint density at radius 1 is 1.05 bits per heavy atom. The van der Waals surface area contributed by atoms with E-state index in [0.29, 0.717) is 0 Å². The summed E-state index contributed by atoms with van der Waals surface area (Å²) in [5.74, 6) is 0. The molecule has 0 unspecified atom stereocenters. The van der Waals surface area contributed by atoms with Crippen LogP contribution in [0.4, 0.5) is 0 Å². The predicted octanol–water partition coefficient (Wildman–Crippen LogP) is 4.98. The third-order valence-electron chi connectivity index (χ3n) is 2.95.